The van der Waals surface area contributed by atoms with Gasteiger partial charge in [0.05, 0.1) is 0 Å². The van der Waals surface area contributed by atoms with Crippen molar-refractivity contribution < 1.29 is 0 Å². The van der Waals surface area contributed by atoms with E-state index < -0.39 is 0 Å². The van der Waals surface area contributed by atoms with Gasteiger partial charge in [-0.05, 0) is 49.6 Å². The third-order valence-electron chi connectivity index (χ3n) is 4.30. The quantitative estimate of drug-likeness (QED) is 0.226. The Labute approximate surface area is 162 Å². The van der Waals surface area contributed by atoms with Crippen LogP contribution in [0.3, 0.4) is 0 Å². The van der Waals surface area contributed by atoms with E-state index in [-0.39, 0.29) is 6.04 Å². The number of unbranched alkanes of at least 4 members (excludes halogenated alkanes) is 2. The van der Waals surface area contributed by atoms with Crippen LogP contribution in [0, 0.1) is 11.5 Å². The summed E-state index contributed by atoms with van der Waals surface area (Å²) in [5, 5.41) is 14.8. The summed E-state index contributed by atoms with van der Waals surface area (Å²) in [6.45, 7) is 6.17. The van der Waals surface area contributed by atoms with Gasteiger partial charge in [0.25, 0.3) is 0 Å². The number of rotatable bonds is 8. The average molecular weight is 364 g/mol. The molecule has 1 aromatic heterocycles. The molecule has 1 atom stereocenters. The van der Waals surface area contributed by atoms with Crippen LogP contribution in [0.4, 0.5) is 5.69 Å². The first-order chi connectivity index (χ1) is 13.1. The fourth-order valence-electron chi connectivity index (χ4n) is 3.08. The van der Waals surface area contributed by atoms with Crippen LogP contribution in [0.5, 0.6) is 0 Å². The number of nitrogens with one attached hydrogen (secondary N) is 2. The van der Waals surface area contributed by atoms with Crippen LogP contribution in [0.15, 0.2) is 53.8 Å². The van der Waals surface area contributed by atoms with E-state index in [0.29, 0.717) is 11.9 Å². The highest BCUT2D eigenvalue weighted by Crippen LogP contribution is 2.31. The minimum Gasteiger partial charge on any atom is -0.326 e. The van der Waals surface area contributed by atoms with Gasteiger partial charge in [-0.3, -0.25) is 10.3 Å². The number of nitriles is 1. The molecule has 27 heavy (non-hydrogen) atoms. The maximum atomic E-state index is 8.95. The standard InChI is InChI=1S/C22H29N5/c1-4-5-6-12-21(19-10-8-13-24-15-19)18-9-7-11-20(14-18)27-22(25-16-23)26-17(2)3/h7-11,13-15,17,21H,4-6,12H2,1-3H3,(H2,25,26,27). The predicted octanol–water partition coefficient (Wildman–Crippen LogP) is 5.04. The van der Waals surface area contributed by atoms with E-state index in [0.717, 1.165) is 12.1 Å². The first-order valence-electron chi connectivity index (χ1n) is 9.63. The first-order valence-corrected chi connectivity index (χ1v) is 9.63. The molecule has 0 radical (unpaired) electrons. The summed E-state index contributed by atoms with van der Waals surface area (Å²) in [4.78, 5) is 8.72. The number of nitrogens with zero attached hydrogens (tertiary/aromatic N) is 3. The zero-order valence-electron chi connectivity index (χ0n) is 16.4. The van der Waals surface area contributed by atoms with Gasteiger partial charge >= 0.3 is 0 Å². The van der Waals surface area contributed by atoms with Gasteiger partial charge in [-0.1, -0.05) is 44.4 Å². The van der Waals surface area contributed by atoms with Crippen molar-refractivity contribution in [2.75, 3.05) is 5.32 Å². The van der Waals surface area contributed by atoms with Crippen molar-refractivity contribution in [3.8, 4) is 6.19 Å². The number of guanidine groups is 1. The van der Waals surface area contributed by atoms with E-state index in [1.165, 1.54) is 30.4 Å². The molecule has 0 aliphatic carbocycles. The van der Waals surface area contributed by atoms with E-state index in [1.54, 1.807) is 0 Å². The molecule has 0 saturated carbocycles. The van der Waals surface area contributed by atoms with Crippen molar-refractivity contribution in [2.24, 2.45) is 4.99 Å². The van der Waals surface area contributed by atoms with Crippen molar-refractivity contribution in [2.45, 2.75) is 58.4 Å². The Kier molecular flexibility index (Phi) is 8.31. The van der Waals surface area contributed by atoms with Gasteiger partial charge in [0.2, 0.25) is 5.96 Å². The van der Waals surface area contributed by atoms with E-state index in [4.69, 9.17) is 5.26 Å². The summed E-state index contributed by atoms with van der Waals surface area (Å²) in [5.41, 5.74) is 3.39. The molecular formula is C22H29N5. The number of benzene rings is 1. The first kappa shape index (κ1) is 20.4. The van der Waals surface area contributed by atoms with Gasteiger partial charge in [0, 0.05) is 30.0 Å². The molecule has 5 nitrogen and oxygen atoms in total. The zero-order valence-corrected chi connectivity index (χ0v) is 16.4. The average Bonchev–Trinajstić information content (AvgIpc) is 2.66. The van der Waals surface area contributed by atoms with Crippen molar-refractivity contribution >= 4 is 11.6 Å². The zero-order chi connectivity index (χ0) is 19.5. The second kappa shape index (κ2) is 11.0. The molecule has 0 aliphatic rings. The van der Waals surface area contributed by atoms with Crippen LogP contribution < -0.4 is 10.6 Å². The number of pyridine rings is 1. The highest BCUT2D eigenvalue weighted by atomic mass is 15.2. The fraction of sp³-hybridized carbons (Fsp3) is 0.409. The Morgan fingerprint density at radius 3 is 2.67 bits per heavy atom. The molecule has 1 aromatic carbocycles. The van der Waals surface area contributed by atoms with Crippen LogP contribution in [0.1, 0.15) is 63.5 Å². The van der Waals surface area contributed by atoms with Crippen LogP contribution in [0.25, 0.3) is 0 Å². The van der Waals surface area contributed by atoms with Gasteiger partial charge in [-0.15, -0.1) is 0 Å². The molecule has 1 heterocycles. The summed E-state index contributed by atoms with van der Waals surface area (Å²) in [6.07, 6.45) is 10.4. The Balaban J connectivity index is 2.27. The molecule has 2 N–H and O–H groups in total. The minimum absolute atomic E-state index is 0.0914. The maximum Gasteiger partial charge on any atom is 0.209 e. The highest BCUT2D eigenvalue weighted by molar-refractivity contribution is 5.94. The summed E-state index contributed by atoms with van der Waals surface area (Å²) in [7, 11) is 0. The topological polar surface area (TPSA) is 73.1 Å². The van der Waals surface area contributed by atoms with Crippen molar-refractivity contribution in [3.63, 3.8) is 0 Å². The Morgan fingerprint density at radius 2 is 2.00 bits per heavy atom. The molecule has 5 heteroatoms. The lowest BCUT2D eigenvalue weighted by atomic mass is 9.87. The molecule has 2 aromatic rings. The van der Waals surface area contributed by atoms with E-state index in [1.807, 2.05) is 50.6 Å². The van der Waals surface area contributed by atoms with E-state index in [2.05, 4.69) is 45.7 Å². The second-order valence-corrected chi connectivity index (χ2v) is 6.89. The predicted molar refractivity (Wildman–Crippen MR) is 112 cm³/mol. The molecule has 1 unspecified atom stereocenters. The van der Waals surface area contributed by atoms with Gasteiger partial charge in [-0.25, -0.2) is 4.99 Å². The number of aromatic nitrogens is 1. The third-order valence-corrected chi connectivity index (χ3v) is 4.30. The Bertz CT molecular complexity index is 762. The largest absolute Gasteiger partial charge is 0.326 e. The lowest BCUT2D eigenvalue weighted by Gasteiger charge is -2.19. The van der Waals surface area contributed by atoms with Gasteiger partial charge in [0.1, 0.15) is 0 Å². The summed E-state index contributed by atoms with van der Waals surface area (Å²) < 4.78 is 0. The van der Waals surface area contributed by atoms with Crippen molar-refractivity contribution in [1.82, 2.24) is 10.3 Å². The minimum atomic E-state index is 0.0914. The number of aliphatic imine (C=N–C) groups is 1. The molecule has 0 spiro atoms. The van der Waals surface area contributed by atoms with Gasteiger partial charge in [0.15, 0.2) is 6.19 Å². The normalized spacial score (nSPS) is 12.5. The van der Waals surface area contributed by atoms with Crippen LogP contribution in [0.2, 0.25) is 0 Å². The summed E-state index contributed by atoms with van der Waals surface area (Å²) in [5.74, 6) is 0.773. The summed E-state index contributed by atoms with van der Waals surface area (Å²) >= 11 is 0. The fourth-order valence-corrected chi connectivity index (χ4v) is 3.08. The third kappa shape index (κ3) is 6.74. The second-order valence-electron chi connectivity index (χ2n) is 6.89. The molecular weight excluding hydrogens is 334 g/mol. The molecule has 2 rings (SSSR count). The summed E-state index contributed by atoms with van der Waals surface area (Å²) in [6, 6.07) is 12.6. The molecule has 0 fully saturated rings. The molecule has 0 saturated heterocycles. The number of anilines is 1. The lowest BCUT2D eigenvalue weighted by molar-refractivity contribution is 0.617. The Hall–Kier alpha value is -2.87. The molecule has 0 amide bonds. The van der Waals surface area contributed by atoms with Crippen LogP contribution >= 0.6 is 0 Å². The van der Waals surface area contributed by atoms with Crippen molar-refractivity contribution in [1.29, 1.82) is 5.26 Å². The number of hydrogen-bond acceptors (Lipinski definition) is 3. The van der Waals surface area contributed by atoms with Crippen molar-refractivity contribution in [3.05, 3.63) is 59.9 Å². The highest BCUT2D eigenvalue weighted by Gasteiger charge is 2.15. The lowest BCUT2D eigenvalue weighted by Crippen LogP contribution is -2.28. The molecule has 0 bridgehead atoms. The van der Waals surface area contributed by atoms with Crippen LogP contribution in [-0.2, 0) is 0 Å². The van der Waals surface area contributed by atoms with E-state index in [9.17, 15) is 0 Å². The smallest absolute Gasteiger partial charge is 0.209 e. The van der Waals surface area contributed by atoms with Gasteiger partial charge < -0.3 is 5.32 Å². The maximum absolute atomic E-state index is 8.95. The van der Waals surface area contributed by atoms with E-state index >= 15 is 0 Å². The molecule has 0 aliphatic heterocycles. The SMILES string of the molecule is CCCCCC(c1cccnc1)c1cccc(NC(=NC(C)C)NC#N)c1. The van der Waals surface area contributed by atoms with Gasteiger partial charge in [-0.2, -0.15) is 5.26 Å². The molecule has 142 valence electrons. The Morgan fingerprint density at radius 1 is 1.19 bits per heavy atom. The van der Waals surface area contributed by atoms with Crippen LogP contribution in [-0.4, -0.2) is 17.0 Å². The monoisotopic (exact) mass is 363 g/mol. The number of hydrogen-bond donors (Lipinski definition) is 2.